The molecule has 1 aromatic heterocycles. The third-order valence-electron chi connectivity index (χ3n) is 2.79. The fourth-order valence-corrected chi connectivity index (χ4v) is 1.72. The zero-order valence-corrected chi connectivity index (χ0v) is 10.8. The molecular formula is C13H15N3O3. The molecule has 0 aliphatic heterocycles. The van der Waals surface area contributed by atoms with Gasteiger partial charge in [-0.15, -0.1) is 0 Å². The second-order valence-electron chi connectivity index (χ2n) is 4.19. The van der Waals surface area contributed by atoms with Crippen LogP contribution in [-0.2, 0) is 11.2 Å². The maximum absolute atomic E-state index is 10.5. The summed E-state index contributed by atoms with van der Waals surface area (Å²) in [6.07, 6.45) is 0.227. The molecule has 2 N–H and O–H groups in total. The van der Waals surface area contributed by atoms with Crippen molar-refractivity contribution in [2.24, 2.45) is 0 Å². The molecule has 0 radical (unpaired) electrons. The highest BCUT2D eigenvalue weighted by molar-refractivity contribution is 5.67. The molecule has 0 saturated heterocycles. The van der Waals surface area contributed by atoms with E-state index in [2.05, 4.69) is 15.5 Å². The molecule has 0 amide bonds. The van der Waals surface area contributed by atoms with Gasteiger partial charge >= 0.3 is 5.97 Å². The Balaban J connectivity index is 2.20. The van der Waals surface area contributed by atoms with Crippen LogP contribution in [0.2, 0.25) is 0 Å². The van der Waals surface area contributed by atoms with E-state index >= 15 is 0 Å². The van der Waals surface area contributed by atoms with Gasteiger partial charge in [0.25, 0.3) is 0 Å². The quantitative estimate of drug-likeness (QED) is 0.856. The highest BCUT2D eigenvalue weighted by Crippen LogP contribution is 2.23. The van der Waals surface area contributed by atoms with Crippen LogP contribution in [0.4, 0.5) is 5.69 Å². The van der Waals surface area contributed by atoms with Crippen molar-refractivity contribution in [2.75, 3.05) is 12.4 Å². The number of nitrogens with one attached hydrogen (secondary N) is 1. The van der Waals surface area contributed by atoms with Crippen LogP contribution in [0.25, 0.3) is 11.4 Å². The molecule has 0 saturated carbocycles. The Morgan fingerprint density at radius 2 is 2.26 bits per heavy atom. The Morgan fingerprint density at radius 1 is 1.47 bits per heavy atom. The summed E-state index contributed by atoms with van der Waals surface area (Å²) in [6, 6.07) is 5.80. The Hall–Kier alpha value is -2.37. The van der Waals surface area contributed by atoms with Crippen LogP contribution >= 0.6 is 0 Å². The van der Waals surface area contributed by atoms with Gasteiger partial charge in [-0.2, -0.15) is 4.98 Å². The topological polar surface area (TPSA) is 88.2 Å². The fraction of sp³-hybridized carbons (Fsp3) is 0.308. The number of anilines is 1. The molecule has 2 rings (SSSR count). The summed E-state index contributed by atoms with van der Waals surface area (Å²) in [6.45, 7) is 2.00. The number of hydrogen-bond donors (Lipinski definition) is 2. The van der Waals surface area contributed by atoms with E-state index in [1.165, 1.54) is 0 Å². The van der Waals surface area contributed by atoms with Crippen LogP contribution in [0.3, 0.4) is 0 Å². The number of carboxylic acids is 1. The van der Waals surface area contributed by atoms with Gasteiger partial charge in [0, 0.05) is 24.7 Å². The Kier molecular flexibility index (Phi) is 3.79. The van der Waals surface area contributed by atoms with E-state index in [9.17, 15) is 4.79 Å². The molecule has 1 heterocycles. The molecule has 0 atom stereocenters. The molecule has 0 fully saturated rings. The number of hydrogen-bond acceptors (Lipinski definition) is 5. The molecule has 0 unspecified atom stereocenters. The Morgan fingerprint density at radius 3 is 2.95 bits per heavy atom. The van der Waals surface area contributed by atoms with Crippen molar-refractivity contribution < 1.29 is 14.4 Å². The van der Waals surface area contributed by atoms with E-state index in [-0.39, 0.29) is 12.8 Å². The van der Waals surface area contributed by atoms with Crippen molar-refractivity contribution in [3.8, 4) is 11.4 Å². The number of aliphatic carboxylic acids is 1. The number of nitrogens with zero attached hydrogens (tertiary/aromatic N) is 2. The first kappa shape index (κ1) is 13.1. The maximum Gasteiger partial charge on any atom is 0.303 e. The standard InChI is InChI=1S/C13H15N3O3/c1-8-3-4-9(7-10(8)14-2)13-15-11(19-16-13)5-6-12(17)18/h3-4,7,14H,5-6H2,1-2H3,(H,17,18). The second-order valence-corrected chi connectivity index (χ2v) is 4.19. The van der Waals surface area contributed by atoms with Gasteiger partial charge < -0.3 is 14.9 Å². The van der Waals surface area contributed by atoms with Crippen LogP contribution in [-0.4, -0.2) is 28.3 Å². The van der Waals surface area contributed by atoms with E-state index in [1.54, 1.807) is 0 Å². The summed E-state index contributed by atoms with van der Waals surface area (Å²) in [5.41, 5.74) is 2.95. The largest absolute Gasteiger partial charge is 0.481 e. The average Bonchev–Trinajstić information content (AvgIpc) is 2.86. The summed E-state index contributed by atoms with van der Waals surface area (Å²) in [5, 5.41) is 15.6. The third kappa shape index (κ3) is 3.09. The molecule has 6 heteroatoms. The van der Waals surface area contributed by atoms with E-state index in [4.69, 9.17) is 9.63 Å². The molecular weight excluding hydrogens is 246 g/mol. The van der Waals surface area contributed by atoms with Crippen LogP contribution < -0.4 is 5.32 Å². The number of benzene rings is 1. The van der Waals surface area contributed by atoms with Gasteiger partial charge in [0.2, 0.25) is 11.7 Å². The molecule has 0 spiro atoms. The molecule has 2 aromatic rings. The lowest BCUT2D eigenvalue weighted by Crippen LogP contribution is -1.97. The van der Waals surface area contributed by atoms with Gasteiger partial charge in [-0.3, -0.25) is 4.79 Å². The lowest BCUT2D eigenvalue weighted by molar-refractivity contribution is -0.137. The SMILES string of the molecule is CNc1cc(-c2noc(CCC(=O)O)n2)ccc1C. The van der Waals surface area contributed by atoms with Crippen molar-refractivity contribution in [3.05, 3.63) is 29.7 Å². The second kappa shape index (κ2) is 5.51. The molecule has 0 aliphatic carbocycles. The van der Waals surface area contributed by atoms with E-state index in [0.29, 0.717) is 11.7 Å². The summed E-state index contributed by atoms with van der Waals surface area (Å²) >= 11 is 0. The molecule has 1 aromatic carbocycles. The minimum Gasteiger partial charge on any atom is -0.481 e. The summed E-state index contributed by atoms with van der Waals surface area (Å²) in [4.78, 5) is 14.7. The van der Waals surface area contributed by atoms with Crippen LogP contribution in [0.5, 0.6) is 0 Å². The predicted molar refractivity (Wildman–Crippen MR) is 70.0 cm³/mol. The third-order valence-corrected chi connectivity index (χ3v) is 2.79. The van der Waals surface area contributed by atoms with Crippen molar-refractivity contribution in [3.63, 3.8) is 0 Å². The highest BCUT2D eigenvalue weighted by Gasteiger charge is 2.11. The van der Waals surface area contributed by atoms with Gasteiger partial charge in [-0.1, -0.05) is 17.3 Å². The Labute approximate surface area is 110 Å². The van der Waals surface area contributed by atoms with Gasteiger partial charge in [-0.05, 0) is 18.6 Å². The number of aryl methyl sites for hydroxylation is 2. The van der Waals surface area contributed by atoms with Crippen molar-refractivity contribution in [2.45, 2.75) is 19.8 Å². The predicted octanol–water partition coefficient (Wildman–Crippen LogP) is 2.10. The number of carboxylic acid groups (broad SMARTS) is 1. The smallest absolute Gasteiger partial charge is 0.303 e. The lowest BCUT2D eigenvalue weighted by Gasteiger charge is -2.05. The number of rotatable bonds is 5. The zero-order valence-electron chi connectivity index (χ0n) is 10.8. The maximum atomic E-state index is 10.5. The minimum atomic E-state index is -0.882. The normalized spacial score (nSPS) is 10.4. The zero-order chi connectivity index (χ0) is 13.8. The van der Waals surface area contributed by atoms with E-state index < -0.39 is 5.97 Å². The van der Waals surface area contributed by atoms with Gasteiger partial charge in [-0.25, -0.2) is 0 Å². The molecule has 0 aliphatic rings. The molecule has 19 heavy (non-hydrogen) atoms. The van der Waals surface area contributed by atoms with Crippen LogP contribution in [0.15, 0.2) is 22.7 Å². The van der Waals surface area contributed by atoms with Crippen molar-refractivity contribution in [1.29, 1.82) is 0 Å². The fourth-order valence-electron chi connectivity index (χ4n) is 1.72. The number of carbonyl (C=O) groups is 1. The molecule has 100 valence electrons. The van der Waals surface area contributed by atoms with Crippen LogP contribution in [0.1, 0.15) is 17.9 Å². The van der Waals surface area contributed by atoms with Gasteiger partial charge in [0.05, 0.1) is 6.42 Å². The number of aromatic nitrogens is 2. The minimum absolute atomic E-state index is 0.0166. The summed E-state index contributed by atoms with van der Waals surface area (Å²) < 4.78 is 5.03. The highest BCUT2D eigenvalue weighted by atomic mass is 16.5. The molecule has 0 bridgehead atoms. The van der Waals surface area contributed by atoms with Gasteiger partial charge in [0.1, 0.15) is 0 Å². The summed E-state index contributed by atoms with van der Waals surface area (Å²) in [7, 11) is 1.85. The lowest BCUT2D eigenvalue weighted by atomic mass is 10.1. The van der Waals surface area contributed by atoms with Crippen molar-refractivity contribution in [1.82, 2.24) is 10.1 Å². The first-order valence-corrected chi connectivity index (χ1v) is 5.93. The Bertz CT molecular complexity index is 593. The average molecular weight is 261 g/mol. The first-order valence-electron chi connectivity index (χ1n) is 5.93. The van der Waals surface area contributed by atoms with Gasteiger partial charge in [0.15, 0.2) is 0 Å². The summed E-state index contributed by atoms with van der Waals surface area (Å²) in [5.74, 6) is -0.0755. The molecule has 6 nitrogen and oxygen atoms in total. The van der Waals surface area contributed by atoms with Crippen LogP contribution in [0, 0.1) is 6.92 Å². The monoisotopic (exact) mass is 261 g/mol. The first-order chi connectivity index (χ1) is 9.10. The van der Waals surface area contributed by atoms with Crippen molar-refractivity contribution >= 4 is 11.7 Å². The van der Waals surface area contributed by atoms with E-state index in [0.717, 1.165) is 16.8 Å². The van der Waals surface area contributed by atoms with E-state index in [1.807, 2.05) is 32.2 Å².